The first-order chi connectivity index (χ1) is 10.7. The molecule has 0 aliphatic heterocycles. The molecule has 110 valence electrons. The van der Waals surface area contributed by atoms with Gasteiger partial charge in [0.2, 0.25) is 11.9 Å². The van der Waals surface area contributed by atoms with E-state index in [1.54, 1.807) is 6.07 Å². The lowest BCUT2D eigenvalue weighted by Crippen LogP contribution is -2.29. The van der Waals surface area contributed by atoms with Gasteiger partial charge in [0.1, 0.15) is 12.9 Å². The van der Waals surface area contributed by atoms with E-state index >= 15 is 0 Å². The number of H-pyrrole nitrogens is 1. The van der Waals surface area contributed by atoms with E-state index in [1.165, 1.54) is 12.4 Å². The monoisotopic (exact) mass is 296 g/mol. The Balaban J connectivity index is 1.81. The number of nitrogens with one attached hydrogen (secondary N) is 2. The summed E-state index contributed by atoms with van der Waals surface area (Å²) in [6, 6.07) is 12.4. The minimum atomic E-state index is -0.420. The zero-order valence-corrected chi connectivity index (χ0v) is 11.4. The number of rotatable bonds is 4. The second kappa shape index (κ2) is 6.00. The predicted octanol–water partition coefficient (Wildman–Crippen LogP) is 0.667. The van der Waals surface area contributed by atoms with Gasteiger partial charge in [-0.15, -0.1) is 0 Å². The van der Waals surface area contributed by atoms with Crippen molar-refractivity contribution in [2.75, 3.05) is 5.32 Å². The van der Waals surface area contributed by atoms with Crippen LogP contribution in [0.5, 0.6) is 0 Å². The Morgan fingerprint density at radius 3 is 2.73 bits per heavy atom. The zero-order chi connectivity index (χ0) is 15.4. The third-order valence-corrected chi connectivity index (χ3v) is 2.90. The van der Waals surface area contributed by atoms with Gasteiger partial charge >= 0.3 is 0 Å². The Morgan fingerprint density at radius 2 is 2.00 bits per heavy atom. The number of benzene rings is 1. The minimum absolute atomic E-state index is 0.208. The molecule has 0 saturated carbocycles. The molecule has 22 heavy (non-hydrogen) atoms. The summed E-state index contributed by atoms with van der Waals surface area (Å²) in [5, 5.41) is 12.8. The lowest BCUT2D eigenvalue weighted by Gasteiger charge is -2.06. The summed E-state index contributed by atoms with van der Waals surface area (Å²) in [6.07, 6.45) is 1.27. The van der Waals surface area contributed by atoms with Crippen molar-refractivity contribution in [3.05, 3.63) is 59.1 Å². The standard InChI is InChI=1S/C14H12N6O2/c21-12(17-14-15-9-16-18-14)8-20-13(22)7-6-11(19-20)10-4-2-1-3-5-10/h1-7,9H,8H2,(H2,15,16,17,18,21). The summed E-state index contributed by atoms with van der Waals surface area (Å²) in [4.78, 5) is 27.5. The number of amides is 1. The molecular weight excluding hydrogens is 284 g/mol. The van der Waals surface area contributed by atoms with Crippen molar-refractivity contribution in [3.8, 4) is 11.3 Å². The van der Waals surface area contributed by atoms with Gasteiger partial charge in [0, 0.05) is 11.6 Å². The third-order valence-electron chi connectivity index (χ3n) is 2.90. The molecule has 2 N–H and O–H groups in total. The molecular formula is C14H12N6O2. The highest BCUT2D eigenvalue weighted by Gasteiger charge is 2.09. The van der Waals surface area contributed by atoms with Crippen molar-refractivity contribution in [2.24, 2.45) is 0 Å². The molecule has 2 heterocycles. The van der Waals surface area contributed by atoms with Crippen molar-refractivity contribution < 1.29 is 4.79 Å². The number of nitrogens with zero attached hydrogens (tertiary/aromatic N) is 4. The zero-order valence-electron chi connectivity index (χ0n) is 11.4. The van der Waals surface area contributed by atoms with Gasteiger partial charge < -0.3 is 0 Å². The summed E-state index contributed by atoms with van der Waals surface area (Å²) >= 11 is 0. The first-order valence-electron chi connectivity index (χ1n) is 6.51. The lowest BCUT2D eigenvalue weighted by molar-refractivity contribution is -0.117. The van der Waals surface area contributed by atoms with Crippen molar-refractivity contribution in [2.45, 2.75) is 6.54 Å². The Kier molecular flexibility index (Phi) is 3.73. The third kappa shape index (κ3) is 3.06. The number of aromatic amines is 1. The molecule has 3 rings (SSSR count). The Hall–Kier alpha value is -3.29. The molecule has 0 fully saturated rings. The van der Waals surface area contributed by atoms with Gasteiger partial charge in [0.25, 0.3) is 5.56 Å². The van der Waals surface area contributed by atoms with Crippen LogP contribution in [0.15, 0.2) is 53.6 Å². The Bertz CT molecular complexity index is 826. The van der Waals surface area contributed by atoms with Crippen LogP contribution in [0.2, 0.25) is 0 Å². The predicted molar refractivity (Wildman–Crippen MR) is 78.9 cm³/mol. The van der Waals surface area contributed by atoms with Crippen molar-refractivity contribution >= 4 is 11.9 Å². The van der Waals surface area contributed by atoms with E-state index in [0.717, 1.165) is 10.2 Å². The average molecular weight is 296 g/mol. The number of carbonyl (C=O) groups excluding carboxylic acids is 1. The summed E-state index contributed by atoms with van der Waals surface area (Å²) in [7, 11) is 0. The molecule has 0 radical (unpaired) electrons. The number of hydrogen-bond acceptors (Lipinski definition) is 5. The summed E-state index contributed by atoms with van der Waals surface area (Å²) < 4.78 is 1.11. The van der Waals surface area contributed by atoms with Gasteiger partial charge in [-0.1, -0.05) is 30.3 Å². The number of anilines is 1. The van der Waals surface area contributed by atoms with Gasteiger partial charge in [0.15, 0.2) is 0 Å². The van der Waals surface area contributed by atoms with Crippen LogP contribution in [-0.2, 0) is 11.3 Å². The van der Waals surface area contributed by atoms with E-state index in [9.17, 15) is 9.59 Å². The molecule has 0 bridgehead atoms. The topological polar surface area (TPSA) is 106 Å². The molecule has 8 nitrogen and oxygen atoms in total. The highest BCUT2D eigenvalue weighted by molar-refractivity contribution is 5.88. The largest absolute Gasteiger partial charge is 0.293 e. The van der Waals surface area contributed by atoms with Crippen LogP contribution < -0.4 is 10.9 Å². The molecule has 2 aromatic heterocycles. The minimum Gasteiger partial charge on any atom is -0.293 e. The molecule has 1 amide bonds. The van der Waals surface area contributed by atoms with Gasteiger partial charge in [-0.3, -0.25) is 14.9 Å². The van der Waals surface area contributed by atoms with Gasteiger partial charge in [-0.2, -0.15) is 15.2 Å². The number of carbonyl (C=O) groups is 1. The van der Waals surface area contributed by atoms with Crippen LogP contribution in [0.25, 0.3) is 11.3 Å². The first kappa shape index (κ1) is 13.7. The molecule has 0 saturated heterocycles. The van der Waals surface area contributed by atoms with Crippen LogP contribution in [-0.4, -0.2) is 30.9 Å². The second-order valence-corrected chi connectivity index (χ2v) is 4.46. The fraction of sp³-hybridized carbons (Fsp3) is 0.0714. The Morgan fingerprint density at radius 1 is 1.18 bits per heavy atom. The molecule has 3 aromatic rings. The molecule has 0 spiro atoms. The van der Waals surface area contributed by atoms with Crippen LogP contribution in [0.1, 0.15) is 0 Å². The van der Waals surface area contributed by atoms with Crippen molar-refractivity contribution in [1.29, 1.82) is 0 Å². The van der Waals surface area contributed by atoms with E-state index in [2.05, 4.69) is 25.6 Å². The quantitative estimate of drug-likeness (QED) is 0.736. The number of hydrogen-bond donors (Lipinski definition) is 2. The maximum atomic E-state index is 11.9. The first-order valence-corrected chi connectivity index (χ1v) is 6.51. The highest BCUT2D eigenvalue weighted by Crippen LogP contribution is 2.13. The van der Waals surface area contributed by atoms with Gasteiger partial charge in [-0.25, -0.2) is 9.78 Å². The maximum absolute atomic E-state index is 11.9. The van der Waals surface area contributed by atoms with Crippen LogP contribution in [0, 0.1) is 0 Å². The molecule has 8 heteroatoms. The fourth-order valence-electron chi connectivity index (χ4n) is 1.90. The SMILES string of the molecule is O=C(Cn1nc(-c2ccccc2)ccc1=O)Nc1ncn[nH]1. The van der Waals surface area contributed by atoms with Gasteiger partial charge in [-0.05, 0) is 6.07 Å². The van der Waals surface area contributed by atoms with Crippen molar-refractivity contribution in [1.82, 2.24) is 25.0 Å². The van der Waals surface area contributed by atoms with Crippen LogP contribution in [0.3, 0.4) is 0 Å². The Labute approximate surface area is 124 Å². The lowest BCUT2D eigenvalue weighted by atomic mass is 10.1. The molecule has 0 aliphatic rings. The van der Waals surface area contributed by atoms with E-state index in [4.69, 9.17) is 0 Å². The summed E-state index contributed by atoms with van der Waals surface area (Å²) in [6.45, 7) is -0.208. The van der Waals surface area contributed by atoms with E-state index in [1.807, 2.05) is 30.3 Å². The van der Waals surface area contributed by atoms with Crippen molar-refractivity contribution in [3.63, 3.8) is 0 Å². The summed E-state index contributed by atoms with van der Waals surface area (Å²) in [5.74, 6) is -0.200. The maximum Gasteiger partial charge on any atom is 0.267 e. The second-order valence-electron chi connectivity index (χ2n) is 4.46. The molecule has 0 atom stereocenters. The molecule has 1 aromatic carbocycles. The average Bonchev–Trinajstić information content (AvgIpc) is 3.03. The van der Waals surface area contributed by atoms with Crippen LogP contribution in [0.4, 0.5) is 5.95 Å². The fourth-order valence-corrected chi connectivity index (χ4v) is 1.90. The molecule has 0 unspecified atom stereocenters. The smallest absolute Gasteiger partial charge is 0.267 e. The van der Waals surface area contributed by atoms with E-state index in [0.29, 0.717) is 5.69 Å². The van der Waals surface area contributed by atoms with E-state index < -0.39 is 5.91 Å². The van der Waals surface area contributed by atoms with Gasteiger partial charge in [0.05, 0.1) is 5.69 Å². The normalized spacial score (nSPS) is 10.4. The molecule has 0 aliphatic carbocycles. The van der Waals surface area contributed by atoms with Crippen LogP contribution >= 0.6 is 0 Å². The van der Waals surface area contributed by atoms with E-state index in [-0.39, 0.29) is 18.1 Å². The highest BCUT2D eigenvalue weighted by atomic mass is 16.2. The summed E-state index contributed by atoms with van der Waals surface area (Å²) in [5.41, 5.74) is 1.13. The number of aromatic nitrogens is 5.